The summed E-state index contributed by atoms with van der Waals surface area (Å²) < 4.78 is 0. The van der Waals surface area contributed by atoms with Crippen LogP contribution in [0.4, 0.5) is 0 Å². The summed E-state index contributed by atoms with van der Waals surface area (Å²) in [5.74, 6) is 2.00. The van der Waals surface area contributed by atoms with Gasteiger partial charge in [-0.2, -0.15) is 0 Å². The number of allylic oxidation sites excluding steroid dienone is 9. The SMILES string of the molecule is C=C1CC[C@@H](C(=O)O)[C@H]2[C@H](O)C[C@@]3([C@@H]4CC[C@]5(CC[C@H](Cc6cc(C)cc(C)c6)C5)C4)C4=C(CC[C@]23C)[C@]23CC[C@H](O)[C@@]5(C)CC=C(CC(C)C)[C@@](C=C6C(=c7ccccc7=C[C@@H]62)Cc2cccc(c2)C2=CC=C(NCCC[C@H]1C1CCCCC1)NC2)(C4)[C@@H]53. The minimum Gasteiger partial charge on any atom is -0.481 e. The highest BCUT2D eigenvalue weighted by Gasteiger charge is 2.77. The molecule has 3 aromatic rings. The summed E-state index contributed by atoms with van der Waals surface area (Å²) in [5.41, 5.74) is 15.8. The second kappa shape index (κ2) is 22.6. The van der Waals surface area contributed by atoms with Crippen molar-refractivity contribution in [3.05, 3.63) is 170 Å². The molecule has 3 spiro atoms. The molecule has 3 aromatic carbocycles. The molecule has 472 valence electrons. The largest absolute Gasteiger partial charge is 0.481 e. The molecule has 16 aliphatic rings. The van der Waals surface area contributed by atoms with Gasteiger partial charge < -0.3 is 26.0 Å². The number of hydrogen-bond acceptors (Lipinski definition) is 5. The normalized spacial score (nSPS) is 39.2. The van der Waals surface area contributed by atoms with E-state index in [1.165, 1.54) is 125 Å². The predicted molar refractivity (Wildman–Crippen MR) is 362 cm³/mol. The maximum atomic E-state index is 14.7. The van der Waals surface area contributed by atoms with Gasteiger partial charge in [0.2, 0.25) is 0 Å². The Hall–Kier alpha value is -5.17. The Balaban J connectivity index is 0.932. The summed E-state index contributed by atoms with van der Waals surface area (Å²) in [6.45, 7) is 21.1. The second-order valence-electron chi connectivity index (χ2n) is 33.2. The number of carboxylic acid groups (broad SMARTS) is 1. The van der Waals surface area contributed by atoms with Crippen LogP contribution in [0, 0.1) is 99.6 Å². The molecule has 19 rings (SSSR count). The molecule has 6 heteroatoms. The van der Waals surface area contributed by atoms with Crippen LogP contribution in [-0.2, 0) is 17.6 Å². The number of benzene rings is 3. The molecule has 5 saturated carbocycles. The maximum Gasteiger partial charge on any atom is 0.306 e. The van der Waals surface area contributed by atoms with Crippen molar-refractivity contribution in [3.63, 3.8) is 0 Å². The molecule has 15 atom stereocenters. The maximum absolute atomic E-state index is 14.7. The quantitative estimate of drug-likeness (QED) is 0.151. The minimum atomic E-state index is -0.729. The summed E-state index contributed by atoms with van der Waals surface area (Å²) >= 11 is 0. The number of fused-ring (bicyclic) bond motifs is 1. The Morgan fingerprint density at radius 2 is 1.61 bits per heavy atom. The fraction of sp³-hybridized carbons (Fsp3) is 0.602. The monoisotopic (exact) mass is 1190 g/mol. The molecule has 0 aromatic heterocycles. The number of aliphatic carboxylic acids is 1. The first-order valence-electron chi connectivity index (χ1n) is 36.1. The van der Waals surface area contributed by atoms with E-state index in [9.17, 15) is 20.1 Å². The van der Waals surface area contributed by atoms with Crippen LogP contribution in [0.15, 0.2) is 131 Å². The first-order valence-corrected chi connectivity index (χ1v) is 36.1. The van der Waals surface area contributed by atoms with E-state index < -0.39 is 29.5 Å². The van der Waals surface area contributed by atoms with Gasteiger partial charge in [0, 0.05) is 46.6 Å². The molecule has 6 nitrogen and oxygen atoms in total. The van der Waals surface area contributed by atoms with Crippen molar-refractivity contribution >= 4 is 23.2 Å². The average Bonchev–Trinajstić information content (AvgIpc) is 1.52. The zero-order valence-corrected chi connectivity index (χ0v) is 55.1. The molecule has 6 aliphatic heterocycles. The van der Waals surface area contributed by atoms with Crippen LogP contribution in [-0.4, -0.2) is 46.6 Å². The van der Waals surface area contributed by atoms with Gasteiger partial charge in [-0.05, 0) is 251 Å². The van der Waals surface area contributed by atoms with Gasteiger partial charge in [0.05, 0.1) is 23.9 Å². The lowest BCUT2D eigenvalue weighted by molar-refractivity contribution is -0.167. The van der Waals surface area contributed by atoms with E-state index in [1.807, 2.05) is 0 Å². The summed E-state index contributed by atoms with van der Waals surface area (Å²) in [4.78, 5) is 14.7. The molecular formula is C83H106N2O4. The van der Waals surface area contributed by atoms with Gasteiger partial charge in [-0.3, -0.25) is 4.79 Å². The van der Waals surface area contributed by atoms with Crippen molar-refractivity contribution in [2.24, 2.45) is 85.8 Å². The number of rotatable bonds is 7. The molecule has 89 heavy (non-hydrogen) atoms. The number of dihydropyridines is 1. The zero-order chi connectivity index (χ0) is 61.4. The topological polar surface area (TPSA) is 102 Å². The van der Waals surface area contributed by atoms with Gasteiger partial charge in [-0.15, -0.1) is 0 Å². The lowest BCUT2D eigenvalue weighted by Crippen LogP contribution is -2.69. The molecule has 0 radical (unpaired) electrons. The molecule has 0 unspecified atom stereocenters. The smallest absolute Gasteiger partial charge is 0.306 e. The molecular weight excluding hydrogens is 1090 g/mol. The standard InChI is InChI=1S/C83H106N2O4/c1-51(2)37-62-27-31-78(6)73(87)30-35-82-69-29-32-79(7)75-66(76(88)89)24-22-54(5)64(58-16-9-8-10-17-58)21-14-36-84-74-25-23-61(50-85-74)59-19-13-15-55(42-59)43-67-65-20-12-11-18-60(65)44-70(82)68(67)47-81(62,77(78)82)48-71(69)83(79,49-72(75)86)63-28-34-80(46-63)33-26-56(45-80)41-57-39-52(3)38-53(4)40-57/h11-13,15,18-20,23,25,27,38-40,42,44,47,51,56,58,63-64,66,70,72-73,75,77,84-87H,5,8-10,14,16-17,21-22,24,26,28-37,41,43,45-46,48-50H2,1-4,6-7H3,(H,88,89)/t56-,63-,64-,66-,70+,72-,73+,75+,77-,78-,79-,80+,81-,82-,83-/m1/s1. The number of aliphatic hydroxyl groups is 2. The van der Waals surface area contributed by atoms with Crippen LogP contribution in [0.5, 0.6) is 0 Å². The Morgan fingerprint density at radius 3 is 2.39 bits per heavy atom. The van der Waals surface area contributed by atoms with Gasteiger partial charge in [-0.25, -0.2) is 0 Å². The van der Waals surface area contributed by atoms with Crippen molar-refractivity contribution in [2.75, 3.05) is 13.1 Å². The fourth-order valence-corrected chi connectivity index (χ4v) is 24.8. The highest BCUT2D eigenvalue weighted by Crippen LogP contribution is 2.84. The molecule has 10 aliphatic carbocycles. The van der Waals surface area contributed by atoms with Gasteiger partial charge in [0.1, 0.15) is 0 Å². The van der Waals surface area contributed by atoms with E-state index in [1.54, 1.807) is 16.7 Å². The van der Waals surface area contributed by atoms with Crippen LogP contribution < -0.4 is 21.1 Å². The molecule has 14 bridgehead atoms. The number of carboxylic acids is 1. The Kier molecular flexibility index (Phi) is 15.2. The summed E-state index contributed by atoms with van der Waals surface area (Å²) in [6.07, 6.45) is 37.7. The van der Waals surface area contributed by atoms with Crippen molar-refractivity contribution in [1.29, 1.82) is 0 Å². The second-order valence-corrected chi connectivity index (χ2v) is 33.2. The first kappa shape index (κ1) is 60.1. The van der Waals surface area contributed by atoms with E-state index in [0.717, 1.165) is 96.0 Å². The van der Waals surface area contributed by atoms with E-state index in [0.29, 0.717) is 48.9 Å². The van der Waals surface area contributed by atoms with Crippen molar-refractivity contribution in [1.82, 2.24) is 10.6 Å². The fourth-order valence-electron chi connectivity index (χ4n) is 24.8. The lowest BCUT2D eigenvalue weighted by atomic mass is 9.29. The number of hydrogen-bond donors (Lipinski definition) is 5. The van der Waals surface area contributed by atoms with Crippen LogP contribution in [0.1, 0.15) is 203 Å². The van der Waals surface area contributed by atoms with Gasteiger partial charge in [-0.1, -0.05) is 178 Å². The number of aliphatic hydroxyl groups excluding tert-OH is 2. The predicted octanol–water partition coefficient (Wildman–Crippen LogP) is 16.3. The first-order chi connectivity index (χ1) is 42.9. The van der Waals surface area contributed by atoms with Crippen LogP contribution >= 0.6 is 0 Å². The van der Waals surface area contributed by atoms with Gasteiger partial charge >= 0.3 is 5.97 Å². The Labute approximate surface area is 533 Å². The summed E-state index contributed by atoms with van der Waals surface area (Å²) in [5, 5.41) is 49.1. The number of aryl methyl sites for hydroxylation is 2. The minimum absolute atomic E-state index is 0.110. The van der Waals surface area contributed by atoms with E-state index in [2.05, 4.69) is 149 Å². The van der Waals surface area contributed by atoms with Crippen molar-refractivity contribution in [2.45, 2.75) is 214 Å². The van der Waals surface area contributed by atoms with E-state index in [-0.39, 0.29) is 44.8 Å². The summed E-state index contributed by atoms with van der Waals surface area (Å²) in [6, 6.07) is 26.0. The summed E-state index contributed by atoms with van der Waals surface area (Å²) in [7, 11) is 0. The van der Waals surface area contributed by atoms with E-state index in [4.69, 9.17) is 6.58 Å². The lowest BCUT2D eigenvalue weighted by Gasteiger charge is -2.74. The third kappa shape index (κ3) is 9.57. The van der Waals surface area contributed by atoms with Crippen LogP contribution in [0.25, 0.3) is 17.2 Å². The van der Waals surface area contributed by atoms with Gasteiger partial charge in [0.25, 0.3) is 0 Å². The Morgan fingerprint density at radius 1 is 0.798 bits per heavy atom. The Bertz CT molecular complexity index is 3620. The third-order valence-electron chi connectivity index (χ3n) is 28.0. The van der Waals surface area contributed by atoms with Crippen molar-refractivity contribution in [3.8, 4) is 0 Å². The van der Waals surface area contributed by atoms with Crippen LogP contribution in [0.3, 0.4) is 0 Å². The molecule has 6 heterocycles. The molecule has 5 fully saturated rings. The highest BCUT2D eigenvalue weighted by atomic mass is 16.4. The number of carbonyl (C=O) groups is 1. The van der Waals surface area contributed by atoms with Gasteiger partial charge in [0.15, 0.2) is 0 Å². The van der Waals surface area contributed by atoms with Crippen molar-refractivity contribution < 1.29 is 20.1 Å². The molecule has 5 N–H and O–H groups in total. The van der Waals surface area contributed by atoms with Crippen LogP contribution in [0.2, 0.25) is 0 Å². The molecule has 0 amide bonds. The van der Waals surface area contributed by atoms with E-state index >= 15 is 0 Å². The zero-order valence-electron chi connectivity index (χ0n) is 55.1. The molecule has 0 saturated heterocycles. The highest BCUT2D eigenvalue weighted by molar-refractivity contribution is 5.78. The average molecular weight is 1200 g/mol. The third-order valence-corrected chi connectivity index (χ3v) is 28.0. The number of nitrogens with one attached hydrogen (secondary N) is 2.